The number of halogens is 1. The van der Waals surface area contributed by atoms with E-state index in [4.69, 9.17) is 11.6 Å². The van der Waals surface area contributed by atoms with E-state index in [-0.39, 0.29) is 28.7 Å². The number of aromatic hydroxyl groups is 1. The van der Waals surface area contributed by atoms with E-state index in [1.165, 1.54) is 0 Å². The van der Waals surface area contributed by atoms with Crippen LogP contribution in [0.1, 0.15) is 33.5 Å². The van der Waals surface area contributed by atoms with Gasteiger partial charge in [-0.25, -0.2) is 4.79 Å². The number of hydrogen-bond acceptors (Lipinski definition) is 4. The first-order chi connectivity index (χ1) is 19.3. The van der Waals surface area contributed by atoms with Gasteiger partial charge in [-0.15, -0.1) is 0 Å². The molecular formula is C32H29ClN2O5. The SMILES string of the molecule is O=C(CCc1ccc(O)cc1)NCc1cccc(-c2ccc(CC(NC(=O)c3ccccc3Cl)C(=O)O)cc2)c1. The van der Waals surface area contributed by atoms with Crippen molar-refractivity contribution in [2.24, 2.45) is 0 Å². The number of aliphatic carboxylic acids is 1. The van der Waals surface area contributed by atoms with Gasteiger partial charge in [-0.1, -0.05) is 78.3 Å². The van der Waals surface area contributed by atoms with Crippen molar-refractivity contribution in [3.05, 3.63) is 124 Å². The number of rotatable bonds is 11. The van der Waals surface area contributed by atoms with Gasteiger partial charge in [-0.2, -0.15) is 0 Å². The zero-order chi connectivity index (χ0) is 28.5. The quantitative estimate of drug-likeness (QED) is 0.198. The van der Waals surface area contributed by atoms with Crippen molar-refractivity contribution in [2.45, 2.75) is 31.8 Å². The van der Waals surface area contributed by atoms with E-state index in [2.05, 4.69) is 10.6 Å². The van der Waals surface area contributed by atoms with Gasteiger partial charge in [0.2, 0.25) is 5.91 Å². The van der Waals surface area contributed by atoms with E-state index in [1.807, 2.05) is 48.5 Å². The summed E-state index contributed by atoms with van der Waals surface area (Å²) in [5.74, 6) is -1.54. The topological polar surface area (TPSA) is 116 Å². The number of aryl methyl sites for hydroxylation is 1. The smallest absolute Gasteiger partial charge is 0.326 e. The molecule has 0 bridgehead atoms. The fraction of sp³-hybridized carbons (Fsp3) is 0.156. The first-order valence-electron chi connectivity index (χ1n) is 12.8. The normalized spacial score (nSPS) is 11.4. The standard InChI is InChI=1S/C32H29ClN2O5/c33-28-7-2-1-6-27(28)31(38)35-29(32(39)40)19-22-8-13-24(14-9-22)25-5-3-4-23(18-25)20-34-30(37)17-12-21-10-15-26(36)16-11-21/h1-11,13-16,18,29,36H,12,17,19-20H2,(H,34,37)(H,35,38)(H,39,40). The molecule has 0 fully saturated rings. The summed E-state index contributed by atoms with van der Waals surface area (Å²) in [6.45, 7) is 0.395. The van der Waals surface area contributed by atoms with Crippen molar-refractivity contribution in [3.63, 3.8) is 0 Å². The van der Waals surface area contributed by atoms with Gasteiger partial charge in [0.25, 0.3) is 5.91 Å². The Balaban J connectivity index is 1.33. The molecule has 0 aliphatic rings. The molecule has 0 radical (unpaired) electrons. The highest BCUT2D eigenvalue weighted by Gasteiger charge is 2.22. The number of hydrogen-bond donors (Lipinski definition) is 4. The summed E-state index contributed by atoms with van der Waals surface area (Å²) >= 11 is 6.07. The van der Waals surface area contributed by atoms with Gasteiger partial charge in [-0.3, -0.25) is 9.59 Å². The van der Waals surface area contributed by atoms with Crippen LogP contribution in [-0.4, -0.2) is 34.0 Å². The molecule has 40 heavy (non-hydrogen) atoms. The summed E-state index contributed by atoms with van der Waals surface area (Å²) in [4.78, 5) is 36.7. The monoisotopic (exact) mass is 556 g/mol. The van der Waals surface area contributed by atoms with Crippen LogP contribution in [0, 0.1) is 0 Å². The van der Waals surface area contributed by atoms with Gasteiger partial charge in [0.05, 0.1) is 10.6 Å². The third-order valence-corrected chi connectivity index (χ3v) is 6.77. The molecule has 8 heteroatoms. The fourth-order valence-electron chi connectivity index (χ4n) is 4.22. The van der Waals surface area contributed by atoms with Gasteiger partial charge in [0, 0.05) is 19.4 Å². The van der Waals surface area contributed by atoms with Crippen molar-refractivity contribution in [1.29, 1.82) is 0 Å². The van der Waals surface area contributed by atoms with Gasteiger partial charge < -0.3 is 20.8 Å². The number of carbonyl (C=O) groups is 3. The van der Waals surface area contributed by atoms with E-state index in [1.54, 1.807) is 48.5 Å². The predicted octanol–water partition coefficient (Wildman–Crippen LogP) is 5.39. The van der Waals surface area contributed by atoms with Gasteiger partial charge in [0.15, 0.2) is 0 Å². The zero-order valence-corrected chi connectivity index (χ0v) is 22.4. The van der Waals surface area contributed by atoms with Crippen LogP contribution in [0.25, 0.3) is 11.1 Å². The Labute approximate surface area is 237 Å². The van der Waals surface area contributed by atoms with Crippen molar-refractivity contribution in [1.82, 2.24) is 10.6 Å². The molecule has 204 valence electrons. The van der Waals surface area contributed by atoms with E-state index in [9.17, 15) is 24.6 Å². The lowest BCUT2D eigenvalue weighted by molar-refractivity contribution is -0.139. The molecule has 0 spiro atoms. The van der Waals surface area contributed by atoms with Crippen LogP contribution in [0.5, 0.6) is 5.75 Å². The van der Waals surface area contributed by atoms with E-state index >= 15 is 0 Å². The summed E-state index contributed by atoms with van der Waals surface area (Å²) in [5.41, 5.74) is 4.82. The van der Waals surface area contributed by atoms with E-state index < -0.39 is 17.9 Å². The summed E-state index contributed by atoms with van der Waals surface area (Å²) in [6, 6.07) is 27.5. The highest BCUT2D eigenvalue weighted by Crippen LogP contribution is 2.22. The molecule has 0 saturated heterocycles. The number of amides is 2. The highest BCUT2D eigenvalue weighted by atomic mass is 35.5. The minimum absolute atomic E-state index is 0.0579. The lowest BCUT2D eigenvalue weighted by Crippen LogP contribution is -2.42. The molecule has 0 saturated carbocycles. The Morgan fingerprint density at radius 2 is 1.48 bits per heavy atom. The maximum absolute atomic E-state index is 12.6. The summed E-state index contributed by atoms with van der Waals surface area (Å²) in [5, 5.41) is 24.8. The molecule has 7 nitrogen and oxygen atoms in total. The van der Waals surface area contributed by atoms with Crippen LogP contribution >= 0.6 is 11.6 Å². The van der Waals surface area contributed by atoms with Crippen LogP contribution in [0.3, 0.4) is 0 Å². The van der Waals surface area contributed by atoms with Gasteiger partial charge in [0.1, 0.15) is 11.8 Å². The van der Waals surface area contributed by atoms with E-state index in [0.29, 0.717) is 19.4 Å². The number of benzene rings is 4. The summed E-state index contributed by atoms with van der Waals surface area (Å²) in [7, 11) is 0. The maximum Gasteiger partial charge on any atom is 0.326 e. The molecule has 4 N–H and O–H groups in total. The second-order valence-electron chi connectivity index (χ2n) is 9.39. The van der Waals surface area contributed by atoms with Crippen LogP contribution < -0.4 is 10.6 Å². The molecule has 1 unspecified atom stereocenters. The van der Waals surface area contributed by atoms with Gasteiger partial charge in [-0.05, 0) is 64.6 Å². The molecule has 0 aliphatic heterocycles. The van der Waals surface area contributed by atoms with Crippen LogP contribution in [-0.2, 0) is 29.0 Å². The average molecular weight is 557 g/mol. The Kier molecular flexibility index (Phi) is 9.54. The second kappa shape index (κ2) is 13.4. The molecule has 4 rings (SSSR count). The Bertz CT molecular complexity index is 1490. The van der Waals surface area contributed by atoms with E-state index in [0.717, 1.165) is 27.8 Å². The first kappa shape index (κ1) is 28.4. The van der Waals surface area contributed by atoms with Crippen LogP contribution in [0.15, 0.2) is 97.1 Å². The molecule has 4 aromatic carbocycles. The Hall–Kier alpha value is -4.62. The van der Waals surface area contributed by atoms with Crippen molar-refractivity contribution >= 4 is 29.4 Å². The third-order valence-electron chi connectivity index (χ3n) is 6.44. The summed E-state index contributed by atoms with van der Waals surface area (Å²) < 4.78 is 0. The second-order valence-corrected chi connectivity index (χ2v) is 9.80. The molecule has 2 amide bonds. The zero-order valence-electron chi connectivity index (χ0n) is 21.6. The number of carboxylic acid groups (broad SMARTS) is 1. The molecule has 1 atom stereocenters. The number of phenols is 1. The highest BCUT2D eigenvalue weighted by molar-refractivity contribution is 6.33. The average Bonchev–Trinajstić information content (AvgIpc) is 2.96. The van der Waals surface area contributed by atoms with Gasteiger partial charge >= 0.3 is 5.97 Å². The van der Waals surface area contributed by atoms with Crippen LogP contribution in [0.4, 0.5) is 0 Å². The molecule has 0 aliphatic carbocycles. The lowest BCUT2D eigenvalue weighted by atomic mass is 9.99. The minimum Gasteiger partial charge on any atom is -0.508 e. The Morgan fingerprint density at radius 3 is 2.17 bits per heavy atom. The summed E-state index contributed by atoms with van der Waals surface area (Å²) in [6.07, 6.45) is 1.05. The number of carbonyl (C=O) groups excluding carboxylic acids is 2. The fourth-order valence-corrected chi connectivity index (χ4v) is 4.44. The van der Waals surface area contributed by atoms with Crippen molar-refractivity contribution in [3.8, 4) is 16.9 Å². The van der Waals surface area contributed by atoms with Crippen LogP contribution in [0.2, 0.25) is 5.02 Å². The number of nitrogens with one attached hydrogen (secondary N) is 2. The molecule has 0 heterocycles. The minimum atomic E-state index is -1.14. The Morgan fingerprint density at radius 1 is 0.775 bits per heavy atom. The number of phenolic OH excluding ortho intramolecular Hbond substituents is 1. The predicted molar refractivity (Wildman–Crippen MR) is 154 cm³/mol. The largest absolute Gasteiger partial charge is 0.508 e. The molecular weight excluding hydrogens is 528 g/mol. The van der Waals surface area contributed by atoms with Crippen molar-refractivity contribution < 1.29 is 24.6 Å². The molecule has 0 aromatic heterocycles. The van der Waals surface area contributed by atoms with Crippen molar-refractivity contribution in [2.75, 3.05) is 0 Å². The third kappa shape index (κ3) is 7.94. The maximum atomic E-state index is 12.6. The lowest BCUT2D eigenvalue weighted by Gasteiger charge is -2.15. The number of carboxylic acids is 1. The first-order valence-corrected chi connectivity index (χ1v) is 13.2. The molecule has 4 aromatic rings.